The molecule has 25 heavy (non-hydrogen) atoms. The number of aromatic carboxylic acids is 1. The fraction of sp³-hybridized carbons (Fsp3) is 0.125. The van der Waals surface area contributed by atoms with Crippen LogP contribution < -0.4 is 5.73 Å². The minimum atomic E-state index is -1.14. The van der Waals surface area contributed by atoms with Crippen molar-refractivity contribution in [3.63, 3.8) is 0 Å². The third-order valence-corrected chi connectivity index (χ3v) is 4.17. The van der Waals surface area contributed by atoms with Gasteiger partial charge in [0, 0.05) is 17.1 Å². The first-order valence-electron chi connectivity index (χ1n) is 7.23. The molecule has 3 rings (SSSR count). The molecule has 0 aliphatic heterocycles. The summed E-state index contributed by atoms with van der Waals surface area (Å²) in [7, 11) is 0. The van der Waals surface area contributed by atoms with Crippen LogP contribution in [0.2, 0.25) is 10.0 Å². The van der Waals surface area contributed by atoms with Crippen molar-refractivity contribution in [3.8, 4) is 11.3 Å². The smallest absolute Gasteiger partial charge is 0.354 e. The van der Waals surface area contributed by atoms with Crippen molar-refractivity contribution in [1.29, 1.82) is 0 Å². The van der Waals surface area contributed by atoms with Gasteiger partial charge in [0.15, 0.2) is 0 Å². The summed E-state index contributed by atoms with van der Waals surface area (Å²) in [5.74, 6) is -1.14. The average molecular weight is 378 g/mol. The lowest BCUT2D eigenvalue weighted by Crippen LogP contribution is -2.13. The molecule has 2 heterocycles. The lowest BCUT2D eigenvalue weighted by Gasteiger charge is -2.15. The number of carboxylic acids is 1. The van der Waals surface area contributed by atoms with E-state index in [9.17, 15) is 9.90 Å². The predicted octanol–water partition coefficient (Wildman–Crippen LogP) is 2.85. The van der Waals surface area contributed by atoms with Crippen molar-refractivity contribution >= 4 is 29.2 Å². The molecule has 0 saturated heterocycles. The molecule has 0 radical (unpaired) electrons. The second-order valence-electron chi connectivity index (χ2n) is 5.22. The van der Waals surface area contributed by atoms with Crippen LogP contribution in [0.25, 0.3) is 11.3 Å². The SMILES string of the molecule is NCc1c(Cn2cncn2)cc(C(=O)O)nc1-c1ccc(Cl)cc1Cl. The van der Waals surface area contributed by atoms with Crippen molar-refractivity contribution in [2.75, 3.05) is 0 Å². The average Bonchev–Trinajstić information content (AvgIpc) is 3.07. The number of nitrogens with zero attached hydrogens (tertiary/aromatic N) is 4. The van der Waals surface area contributed by atoms with Crippen LogP contribution in [0.3, 0.4) is 0 Å². The van der Waals surface area contributed by atoms with Crippen molar-refractivity contribution in [2.45, 2.75) is 13.1 Å². The van der Waals surface area contributed by atoms with Gasteiger partial charge in [-0.15, -0.1) is 0 Å². The van der Waals surface area contributed by atoms with Crippen LogP contribution in [-0.2, 0) is 13.1 Å². The van der Waals surface area contributed by atoms with Crippen LogP contribution in [0, 0.1) is 0 Å². The van der Waals surface area contributed by atoms with Crippen molar-refractivity contribution < 1.29 is 9.90 Å². The molecule has 3 aromatic rings. The lowest BCUT2D eigenvalue weighted by atomic mass is 9.99. The summed E-state index contributed by atoms with van der Waals surface area (Å²) in [4.78, 5) is 19.6. The van der Waals surface area contributed by atoms with E-state index in [0.717, 1.165) is 0 Å². The van der Waals surface area contributed by atoms with Gasteiger partial charge in [-0.1, -0.05) is 23.2 Å². The maximum absolute atomic E-state index is 11.5. The number of hydrogen-bond donors (Lipinski definition) is 2. The Hall–Kier alpha value is -2.48. The minimum Gasteiger partial charge on any atom is -0.477 e. The third kappa shape index (κ3) is 3.63. The first kappa shape index (κ1) is 17.3. The Morgan fingerprint density at radius 3 is 2.68 bits per heavy atom. The largest absolute Gasteiger partial charge is 0.477 e. The molecule has 0 saturated carbocycles. The van der Waals surface area contributed by atoms with E-state index in [-0.39, 0.29) is 12.2 Å². The molecular weight excluding hydrogens is 365 g/mol. The van der Waals surface area contributed by atoms with Gasteiger partial charge in [-0.05, 0) is 35.4 Å². The number of aromatic nitrogens is 4. The molecule has 0 amide bonds. The molecule has 0 aliphatic carbocycles. The first-order chi connectivity index (χ1) is 12.0. The summed E-state index contributed by atoms with van der Waals surface area (Å²) < 4.78 is 1.58. The fourth-order valence-corrected chi connectivity index (χ4v) is 2.99. The Morgan fingerprint density at radius 1 is 1.28 bits per heavy atom. The zero-order valence-corrected chi connectivity index (χ0v) is 14.4. The molecular formula is C16H13Cl2N5O2. The number of rotatable bonds is 5. The number of halogens is 2. The van der Waals surface area contributed by atoms with Gasteiger partial charge >= 0.3 is 5.97 Å². The van der Waals surface area contributed by atoms with E-state index >= 15 is 0 Å². The molecule has 0 aliphatic rings. The molecule has 0 bridgehead atoms. The summed E-state index contributed by atoms with van der Waals surface area (Å²) in [6, 6.07) is 6.41. The fourth-order valence-electron chi connectivity index (χ4n) is 2.50. The third-order valence-electron chi connectivity index (χ3n) is 3.63. The Bertz CT molecular complexity index is 929. The second-order valence-corrected chi connectivity index (χ2v) is 6.06. The van der Waals surface area contributed by atoms with Crippen LogP contribution in [0.15, 0.2) is 36.9 Å². The van der Waals surface area contributed by atoms with E-state index in [1.807, 2.05) is 0 Å². The van der Waals surface area contributed by atoms with Gasteiger partial charge in [0.05, 0.1) is 17.3 Å². The Morgan fingerprint density at radius 2 is 2.08 bits per heavy atom. The van der Waals surface area contributed by atoms with E-state index < -0.39 is 5.97 Å². The zero-order valence-electron chi connectivity index (χ0n) is 12.9. The second kappa shape index (κ2) is 7.18. The molecule has 9 heteroatoms. The van der Waals surface area contributed by atoms with E-state index in [1.165, 1.54) is 18.7 Å². The molecule has 0 fully saturated rings. The maximum Gasteiger partial charge on any atom is 0.354 e. The van der Waals surface area contributed by atoms with Crippen LogP contribution in [0.5, 0.6) is 0 Å². The Kier molecular flexibility index (Phi) is 4.98. The maximum atomic E-state index is 11.5. The van der Waals surface area contributed by atoms with Crippen LogP contribution >= 0.6 is 23.2 Å². The van der Waals surface area contributed by atoms with Gasteiger partial charge < -0.3 is 10.8 Å². The summed E-state index contributed by atoms with van der Waals surface area (Å²) in [5.41, 5.74) is 8.17. The summed E-state index contributed by atoms with van der Waals surface area (Å²) >= 11 is 12.2. The quantitative estimate of drug-likeness (QED) is 0.707. The van der Waals surface area contributed by atoms with Gasteiger partial charge in [-0.25, -0.2) is 19.4 Å². The Balaban J connectivity index is 2.22. The molecule has 128 valence electrons. The monoisotopic (exact) mass is 377 g/mol. The van der Waals surface area contributed by atoms with Crippen LogP contribution in [-0.4, -0.2) is 30.8 Å². The highest BCUT2D eigenvalue weighted by Gasteiger charge is 2.19. The summed E-state index contributed by atoms with van der Waals surface area (Å²) in [6.45, 7) is 0.471. The minimum absolute atomic E-state index is 0.103. The number of hydrogen-bond acceptors (Lipinski definition) is 5. The number of benzene rings is 1. The predicted molar refractivity (Wildman–Crippen MR) is 93.7 cm³/mol. The number of carbonyl (C=O) groups is 1. The molecule has 3 N–H and O–H groups in total. The number of carboxylic acid groups (broad SMARTS) is 1. The highest BCUT2D eigenvalue weighted by atomic mass is 35.5. The lowest BCUT2D eigenvalue weighted by molar-refractivity contribution is 0.0690. The van der Waals surface area contributed by atoms with Gasteiger partial charge in [-0.3, -0.25) is 0 Å². The van der Waals surface area contributed by atoms with Crippen LogP contribution in [0.1, 0.15) is 21.6 Å². The van der Waals surface area contributed by atoms with Crippen molar-refractivity contribution in [2.24, 2.45) is 5.73 Å². The molecule has 0 atom stereocenters. The standard InChI is InChI=1S/C16H13Cl2N5O2/c17-10-1-2-11(13(18)4-10)15-12(5-19)9(3-14(22-15)16(24)25)6-23-8-20-7-21-23/h1-4,7-8H,5-6,19H2,(H,24,25). The highest BCUT2D eigenvalue weighted by Crippen LogP contribution is 2.33. The molecule has 1 aromatic carbocycles. The summed E-state index contributed by atoms with van der Waals surface area (Å²) in [6.07, 6.45) is 2.94. The van der Waals surface area contributed by atoms with Crippen molar-refractivity contribution in [3.05, 3.63) is 63.8 Å². The molecule has 2 aromatic heterocycles. The highest BCUT2D eigenvalue weighted by molar-refractivity contribution is 6.36. The van der Waals surface area contributed by atoms with E-state index in [0.29, 0.717) is 39.0 Å². The number of nitrogens with two attached hydrogens (primary N) is 1. The normalized spacial score (nSPS) is 10.8. The molecule has 7 nitrogen and oxygen atoms in total. The van der Waals surface area contributed by atoms with E-state index in [2.05, 4.69) is 15.1 Å². The van der Waals surface area contributed by atoms with Crippen molar-refractivity contribution in [1.82, 2.24) is 19.7 Å². The first-order valence-corrected chi connectivity index (χ1v) is 7.99. The zero-order chi connectivity index (χ0) is 18.0. The number of pyridine rings is 1. The Labute approximate surface area is 153 Å². The van der Waals surface area contributed by atoms with Crippen LogP contribution in [0.4, 0.5) is 0 Å². The summed E-state index contributed by atoms with van der Waals surface area (Å²) in [5, 5.41) is 14.3. The molecule has 0 unspecified atom stereocenters. The van der Waals surface area contributed by atoms with Gasteiger partial charge in [0.2, 0.25) is 0 Å². The van der Waals surface area contributed by atoms with Gasteiger partial charge in [0.25, 0.3) is 0 Å². The van der Waals surface area contributed by atoms with E-state index in [1.54, 1.807) is 22.9 Å². The van der Waals surface area contributed by atoms with Gasteiger partial charge in [-0.2, -0.15) is 5.10 Å². The van der Waals surface area contributed by atoms with Gasteiger partial charge in [0.1, 0.15) is 18.3 Å². The van der Waals surface area contributed by atoms with E-state index in [4.69, 9.17) is 28.9 Å². The molecule has 0 spiro atoms. The topological polar surface area (TPSA) is 107 Å².